The molecule has 1 fully saturated rings. The Labute approximate surface area is 211 Å². The van der Waals surface area contributed by atoms with Crippen LogP contribution < -0.4 is 10.4 Å². The van der Waals surface area contributed by atoms with Gasteiger partial charge in [-0.15, -0.1) is 0 Å². The standard InChI is InChI=1S/C28H41NO5Si/c1-26(2,3)34-25(31)29-23(24(19-30)33-28(29,7)8)20-32-35(27(4,5)6,21-15-11-9-12-16-21)22-17-13-10-14-18-22/h9-18,23-24,30H,19-20H2,1-8H3/t23-,24-/m1/s1. The van der Waals surface area contributed by atoms with E-state index in [4.69, 9.17) is 13.9 Å². The first-order valence-corrected chi connectivity index (χ1v) is 14.2. The molecule has 1 N–H and O–H groups in total. The van der Waals surface area contributed by atoms with E-state index in [2.05, 4.69) is 45.0 Å². The summed E-state index contributed by atoms with van der Waals surface area (Å²) in [6.45, 7) is 15.8. The van der Waals surface area contributed by atoms with Crippen molar-refractivity contribution in [1.82, 2.24) is 4.90 Å². The van der Waals surface area contributed by atoms with Gasteiger partial charge in [0, 0.05) is 0 Å². The van der Waals surface area contributed by atoms with Gasteiger partial charge in [0.1, 0.15) is 17.4 Å². The molecule has 2 aromatic rings. The van der Waals surface area contributed by atoms with Gasteiger partial charge in [0.05, 0.1) is 19.3 Å². The Morgan fingerprint density at radius 1 is 0.971 bits per heavy atom. The first kappa shape index (κ1) is 27.4. The molecule has 1 aliphatic rings. The van der Waals surface area contributed by atoms with Gasteiger partial charge in [0.2, 0.25) is 0 Å². The van der Waals surface area contributed by atoms with Crippen LogP contribution in [0.4, 0.5) is 4.79 Å². The van der Waals surface area contributed by atoms with Crippen LogP contribution in [-0.4, -0.2) is 61.1 Å². The van der Waals surface area contributed by atoms with Crippen molar-refractivity contribution in [3.05, 3.63) is 60.7 Å². The zero-order chi connectivity index (χ0) is 26.1. The highest BCUT2D eigenvalue weighted by atomic mass is 28.4. The number of nitrogens with zero attached hydrogens (tertiary/aromatic N) is 1. The maximum Gasteiger partial charge on any atom is 0.412 e. The van der Waals surface area contributed by atoms with Gasteiger partial charge in [-0.05, 0) is 50.0 Å². The summed E-state index contributed by atoms with van der Waals surface area (Å²) >= 11 is 0. The van der Waals surface area contributed by atoms with Crippen LogP contribution in [0.1, 0.15) is 55.4 Å². The number of benzene rings is 2. The predicted octanol–water partition coefficient (Wildman–Crippen LogP) is 4.30. The molecule has 192 valence electrons. The number of ether oxygens (including phenoxy) is 2. The quantitative estimate of drug-likeness (QED) is 0.601. The molecule has 0 unspecified atom stereocenters. The molecule has 7 heteroatoms. The Kier molecular flexibility index (Phi) is 7.87. The van der Waals surface area contributed by atoms with Gasteiger partial charge in [-0.3, -0.25) is 4.90 Å². The lowest BCUT2D eigenvalue weighted by Gasteiger charge is -2.44. The molecule has 6 nitrogen and oxygen atoms in total. The van der Waals surface area contributed by atoms with Crippen molar-refractivity contribution in [1.29, 1.82) is 0 Å². The van der Waals surface area contributed by atoms with Crippen LogP contribution in [0.5, 0.6) is 0 Å². The number of carbonyl (C=O) groups is 1. The summed E-state index contributed by atoms with van der Waals surface area (Å²) in [6.07, 6.45) is -1.06. The van der Waals surface area contributed by atoms with Gasteiger partial charge >= 0.3 is 6.09 Å². The largest absolute Gasteiger partial charge is 0.444 e. The maximum atomic E-state index is 13.3. The molecule has 1 heterocycles. The number of aliphatic hydroxyl groups excluding tert-OH is 1. The fraction of sp³-hybridized carbons (Fsp3) is 0.536. The van der Waals surface area contributed by atoms with E-state index >= 15 is 0 Å². The third-order valence-corrected chi connectivity index (χ3v) is 11.4. The number of amides is 1. The van der Waals surface area contributed by atoms with Crippen molar-refractivity contribution >= 4 is 24.8 Å². The number of hydrogen-bond donors (Lipinski definition) is 1. The van der Waals surface area contributed by atoms with Crippen LogP contribution in [0.15, 0.2) is 60.7 Å². The Balaban J connectivity index is 2.07. The Morgan fingerprint density at radius 3 is 1.86 bits per heavy atom. The third kappa shape index (κ3) is 5.64. The molecular weight excluding hydrogens is 458 g/mol. The maximum absolute atomic E-state index is 13.3. The highest BCUT2D eigenvalue weighted by Crippen LogP contribution is 2.39. The molecule has 0 saturated carbocycles. The Bertz CT molecular complexity index is 942. The van der Waals surface area contributed by atoms with E-state index in [-0.39, 0.29) is 18.3 Å². The molecule has 0 aromatic heterocycles. The van der Waals surface area contributed by atoms with Crippen LogP contribution in [-0.2, 0) is 13.9 Å². The second kappa shape index (κ2) is 10.0. The zero-order valence-electron chi connectivity index (χ0n) is 22.4. The second-order valence-electron chi connectivity index (χ2n) is 11.7. The van der Waals surface area contributed by atoms with E-state index in [1.54, 1.807) is 4.90 Å². The molecule has 0 bridgehead atoms. The minimum absolute atomic E-state index is 0.210. The van der Waals surface area contributed by atoms with Crippen molar-refractivity contribution in [2.75, 3.05) is 13.2 Å². The fourth-order valence-electron chi connectivity index (χ4n) is 5.05. The lowest BCUT2D eigenvalue weighted by Crippen LogP contribution is -2.67. The average molecular weight is 500 g/mol. The Morgan fingerprint density at radius 2 is 1.46 bits per heavy atom. The van der Waals surface area contributed by atoms with E-state index in [0.717, 1.165) is 10.4 Å². The summed E-state index contributed by atoms with van der Waals surface area (Å²) in [6, 6.07) is 20.2. The number of aliphatic hydroxyl groups is 1. The second-order valence-corrected chi connectivity index (χ2v) is 16.0. The third-order valence-electron chi connectivity index (χ3n) is 6.44. The summed E-state index contributed by atoms with van der Waals surface area (Å²) in [4.78, 5) is 14.9. The van der Waals surface area contributed by atoms with Gasteiger partial charge < -0.3 is 19.0 Å². The minimum Gasteiger partial charge on any atom is -0.444 e. The lowest BCUT2D eigenvalue weighted by molar-refractivity contribution is -0.0867. The topological polar surface area (TPSA) is 68.2 Å². The van der Waals surface area contributed by atoms with Crippen LogP contribution in [0.2, 0.25) is 5.04 Å². The van der Waals surface area contributed by atoms with Gasteiger partial charge in [0.15, 0.2) is 0 Å². The van der Waals surface area contributed by atoms with Crippen molar-refractivity contribution < 1.29 is 23.8 Å². The van der Waals surface area contributed by atoms with Crippen LogP contribution in [0, 0.1) is 0 Å². The number of hydrogen-bond acceptors (Lipinski definition) is 5. The van der Waals surface area contributed by atoms with Crippen molar-refractivity contribution in [2.45, 2.75) is 83.9 Å². The zero-order valence-corrected chi connectivity index (χ0v) is 23.4. The van der Waals surface area contributed by atoms with Crippen molar-refractivity contribution in [3.63, 3.8) is 0 Å². The molecule has 35 heavy (non-hydrogen) atoms. The average Bonchev–Trinajstić information content (AvgIpc) is 3.03. The normalized spacial score (nSPS) is 20.7. The van der Waals surface area contributed by atoms with Crippen LogP contribution >= 0.6 is 0 Å². The highest BCUT2D eigenvalue weighted by Gasteiger charge is 2.55. The summed E-state index contributed by atoms with van der Waals surface area (Å²) in [7, 11) is -2.83. The molecule has 1 amide bonds. The number of rotatable bonds is 6. The van der Waals surface area contributed by atoms with Crippen LogP contribution in [0.3, 0.4) is 0 Å². The summed E-state index contributed by atoms with van der Waals surface area (Å²) < 4.78 is 18.9. The highest BCUT2D eigenvalue weighted by molar-refractivity contribution is 6.99. The SMILES string of the molecule is CC(C)(C)OC(=O)N1[C@H](CO[Si](c2ccccc2)(c2ccccc2)C(C)(C)C)[C@@H](CO)OC1(C)C. The molecule has 0 radical (unpaired) electrons. The molecular formula is C28H41NO5Si. The van der Waals surface area contributed by atoms with Gasteiger partial charge in [0.25, 0.3) is 8.32 Å². The van der Waals surface area contributed by atoms with E-state index < -0.39 is 37.9 Å². The molecule has 2 aromatic carbocycles. The van der Waals surface area contributed by atoms with Gasteiger partial charge in [-0.1, -0.05) is 81.4 Å². The molecule has 3 rings (SSSR count). The van der Waals surface area contributed by atoms with Gasteiger partial charge in [-0.25, -0.2) is 4.79 Å². The summed E-state index contributed by atoms with van der Waals surface area (Å²) in [5.74, 6) is 0. The smallest absolute Gasteiger partial charge is 0.412 e. The fourth-order valence-corrected chi connectivity index (χ4v) is 9.63. The summed E-state index contributed by atoms with van der Waals surface area (Å²) in [5.41, 5.74) is -1.61. The first-order valence-electron chi connectivity index (χ1n) is 12.3. The van der Waals surface area contributed by atoms with Crippen LogP contribution in [0.25, 0.3) is 0 Å². The Hall–Kier alpha value is -2.19. The lowest BCUT2D eigenvalue weighted by atomic mass is 10.1. The van der Waals surface area contributed by atoms with E-state index in [0.29, 0.717) is 0 Å². The molecule has 0 spiro atoms. The summed E-state index contributed by atoms with van der Waals surface area (Å²) in [5, 5.41) is 12.3. The number of carbonyl (C=O) groups excluding carboxylic acids is 1. The van der Waals surface area contributed by atoms with E-state index in [1.165, 1.54) is 0 Å². The molecule has 1 saturated heterocycles. The molecule has 2 atom stereocenters. The first-order chi connectivity index (χ1) is 16.2. The van der Waals surface area contributed by atoms with E-state index in [1.807, 2.05) is 71.0 Å². The molecule has 0 aliphatic carbocycles. The van der Waals surface area contributed by atoms with Crippen molar-refractivity contribution in [2.24, 2.45) is 0 Å². The van der Waals surface area contributed by atoms with Gasteiger partial charge in [-0.2, -0.15) is 0 Å². The van der Waals surface area contributed by atoms with Crippen molar-refractivity contribution in [3.8, 4) is 0 Å². The monoisotopic (exact) mass is 499 g/mol. The van der Waals surface area contributed by atoms with E-state index in [9.17, 15) is 9.90 Å². The minimum atomic E-state index is -2.83. The predicted molar refractivity (Wildman–Crippen MR) is 141 cm³/mol. The molecule has 1 aliphatic heterocycles.